The zero-order valence-corrected chi connectivity index (χ0v) is 13.3. The van der Waals surface area contributed by atoms with Crippen LogP contribution in [0.25, 0.3) is 0 Å². The quantitative estimate of drug-likeness (QED) is 0.750. The van der Waals surface area contributed by atoms with Crippen LogP contribution in [0.4, 0.5) is 4.39 Å². The molecule has 1 aromatic carbocycles. The van der Waals surface area contributed by atoms with Crippen LogP contribution in [0, 0.1) is 5.82 Å². The highest BCUT2D eigenvalue weighted by Crippen LogP contribution is 2.22. The normalized spacial score (nSPS) is 10.8. The van der Waals surface area contributed by atoms with Crippen molar-refractivity contribution in [1.82, 2.24) is 10.2 Å². The van der Waals surface area contributed by atoms with Crippen molar-refractivity contribution < 1.29 is 13.9 Å². The lowest BCUT2D eigenvalue weighted by atomic mass is 10.2. The van der Waals surface area contributed by atoms with Crippen LogP contribution < -0.4 is 10.1 Å². The average molecular weight is 296 g/mol. The van der Waals surface area contributed by atoms with Crippen molar-refractivity contribution in [2.45, 2.75) is 39.8 Å². The van der Waals surface area contributed by atoms with E-state index < -0.39 is 5.82 Å². The Morgan fingerprint density at radius 1 is 1.43 bits per heavy atom. The molecule has 1 aromatic rings. The SMILES string of the molecule is CCCNCc1cccc(F)c1OCC(=O)N(C)C(C)C. The number of rotatable bonds is 8. The van der Waals surface area contributed by atoms with Gasteiger partial charge in [-0.15, -0.1) is 0 Å². The number of nitrogens with zero attached hydrogens (tertiary/aromatic N) is 1. The van der Waals surface area contributed by atoms with Crippen LogP contribution in [0.3, 0.4) is 0 Å². The molecule has 1 rings (SSSR count). The van der Waals surface area contributed by atoms with Crippen LogP contribution in [-0.2, 0) is 11.3 Å². The van der Waals surface area contributed by atoms with E-state index in [0.717, 1.165) is 18.5 Å². The van der Waals surface area contributed by atoms with Crippen LogP contribution >= 0.6 is 0 Å². The summed E-state index contributed by atoms with van der Waals surface area (Å²) in [5.74, 6) is -0.446. The molecule has 0 bridgehead atoms. The van der Waals surface area contributed by atoms with E-state index in [1.165, 1.54) is 6.07 Å². The van der Waals surface area contributed by atoms with E-state index in [9.17, 15) is 9.18 Å². The number of likely N-dealkylation sites (N-methyl/N-ethyl adjacent to an activating group) is 1. The maximum absolute atomic E-state index is 13.9. The van der Waals surface area contributed by atoms with Crippen LogP contribution in [0.15, 0.2) is 18.2 Å². The summed E-state index contributed by atoms with van der Waals surface area (Å²) in [4.78, 5) is 13.5. The predicted molar refractivity (Wildman–Crippen MR) is 81.8 cm³/mol. The molecule has 4 nitrogen and oxygen atoms in total. The van der Waals surface area contributed by atoms with Gasteiger partial charge in [-0.05, 0) is 32.9 Å². The fourth-order valence-corrected chi connectivity index (χ4v) is 1.78. The van der Waals surface area contributed by atoms with Gasteiger partial charge in [0.15, 0.2) is 18.2 Å². The molecule has 0 fully saturated rings. The zero-order valence-electron chi connectivity index (χ0n) is 13.3. The fourth-order valence-electron chi connectivity index (χ4n) is 1.78. The third-order valence-electron chi connectivity index (χ3n) is 3.30. The Labute approximate surface area is 126 Å². The second-order valence-corrected chi connectivity index (χ2v) is 5.29. The van der Waals surface area contributed by atoms with Gasteiger partial charge in [-0.1, -0.05) is 19.1 Å². The molecule has 0 aromatic heterocycles. The minimum atomic E-state index is -0.439. The number of carbonyl (C=O) groups is 1. The van der Waals surface area contributed by atoms with E-state index in [4.69, 9.17) is 4.74 Å². The number of ether oxygens (including phenoxy) is 1. The van der Waals surface area contributed by atoms with E-state index in [2.05, 4.69) is 12.2 Å². The van der Waals surface area contributed by atoms with Crippen LogP contribution in [0.5, 0.6) is 5.75 Å². The second-order valence-electron chi connectivity index (χ2n) is 5.29. The number of hydrogen-bond donors (Lipinski definition) is 1. The van der Waals surface area contributed by atoms with Crippen molar-refractivity contribution in [2.24, 2.45) is 0 Å². The van der Waals surface area contributed by atoms with Crippen molar-refractivity contribution in [3.8, 4) is 5.75 Å². The summed E-state index contributed by atoms with van der Waals surface area (Å²) in [6.07, 6.45) is 1.00. The van der Waals surface area contributed by atoms with Crippen molar-refractivity contribution >= 4 is 5.91 Å². The maximum atomic E-state index is 13.9. The van der Waals surface area contributed by atoms with E-state index in [1.807, 2.05) is 13.8 Å². The number of nitrogens with one attached hydrogen (secondary N) is 1. The second kappa shape index (κ2) is 8.62. The van der Waals surface area contributed by atoms with Crippen molar-refractivity contribution in [3.05, 3.63) is 29.6 Å². The van der Waals surface area contributed by atoms with E-state index >= 15 is 0 Å². The van der Waals surface area contributed by atoms with E-state index in [1.54, 1.807) is 24.1 Å². The minimum absolute atomic E-state index is 0.0902. The maximum Gasteiger partial charge on any atom is 0.260 e. The van der Waals surface area contributed by atoms with Gasteiger partial charge >= 0.3 is 0 Å². The highest BCUT2D eigenvalue weighted by Gasteiger charge is 2.15. The highest BCUT2D eigenvalue weighted by atomic mass is 19.1. The molecule has 0 spiro atoms. The number of carbonyl (C=O) groups excluding carboxylic acids is 1. The molecule has 5 heteroatoms. The Hall–Kier alpha value is -1.62. The van der Waals surface area contributed by atoms with Crippen LogP contribution in [-0.4, -0.2) is 37.0 Å². The zero-order chi connectivity index (χ0) is 15.8. The summed E-state index contributed by atoms with van der Waals surface area (Å²) in [6.45, 7) is 7.12. The first-order valence-corrected chi connectivity index (χ1v) is 7.33. The Bertz CT molecular complexity index is 464. The third kappa shape index (κ3) is 5.34. The minimum Gasteiger partial charge on any atom is -0.480 e. The molecule has 1 amide bonds. The van der Waals surface area contributed by atoms with Gasteiger partial charge in [0.05, 0.1) is 0 Å². The molecule has 0 aliphatic rings. The van der Waals surface area contributed by atoms with Gasteiger partial charge in [-0.3, -0.25) is 4.79 Å². The first-order chi connectivity index (χ1) is 9.97. The molecule has 0 saturated heterocycles. The number of para-hydroxylation sites is 1. The van der Waals surface area contributed by atoms with Crippen LogP contribution in [0.2, 0.25) is 0 Å². The number of halogens is 1. The third-order valence-corrected chi connectivity index (χ3v) is 3.30. The molecule has 0 radical (unpaired) electrons. The van der Waals surface area contributed by atoms with Gasteiger partial charge in [-0.2, -0.15) is 0 Å². The molecular formula is C16H25FN2O2. The molecule has 1 N–H and O–H groups in total. The Kier molecular flexibility index (Phi) is 7.15. The first kappa shape index (κ1) is 17.4. The number of benzene rings is 1. The van der Waals surface area contributed by atoms with E-state index in [-0.39, 0.29) is 24.3 Å². The molecule has 21 heavy (non-hydrogen) atoms. The molecule has 0 atom stereocenters. The summed E-state index contributed by atoms with van der Waals surface area (Å²) in [7, 11) is 1.71. The average Bonchev–Trinajstić information content (AvgIpc) is 2.45. The van der Waals surface area contributed by atoms with Gasteiger partial charge in [0.25, 0.3) is 5.91 Å². The van der Waals surface area contributed by atoms with Crippen molar-refractivity contribution in [1.29, 1.82) is 0 Å². The van der Waals surface area contributed by atoms with Crippen molar-refractivity contribution in [2.75, 3.05) is 20.2 Å². The van der Waals surface area contributed by atoms with Gasteiger partial charge in [0.1, 0.15) is 0 Å². The molecule has 0 heterocycles. The smallest absolute Gasteiger partial charge is 0.260 e. The van der Waals surface area contributed by atoms with Gasteiger partial charge in [0.2, 0.25) is 0 Å². The van der Waals surface area contributed by atoms with Crippen molar-refractivity contribution in [3.63, 3.8) is 0 Å². The number of amides is 1. The lowest BCUT2D eigenvalue weighted by Crippen LogP contribution is -2.36. The highest BCUT2D eigenvalue weighted by molar-refractivity contribution is 5.77. The summed E-state index contributed by atoms with van der Waals surface area (Å²) in [5.41, 5.74) is 0.725. The van der Waals surface area contributed by atoms with Gasteiger partial charge in [-0.25, -0.2) is 4.39 Å². The van der Waals surface area contributed by atoms with Gasteiger partial charge < -0.3 is 15.0 Å². The summed E-state index contributed by atoms with van der Waals surface area (Å²) in [5, 5.41) is 3.21. The Morgan fingerprint density at radius 3 is 2.76 bits per heavy atom. The van der Waals surface area contributed by atoms with Crippen LogP contribution in [0.1, 0.15) is 32.8 Å². The van der Waals surface area contributed by atoms with Gasteiger partial charge in [0, 0.05) is 25.2 Å². The standard InChI is InChI=1S/C16H25FN2O2/c1-5-9-18-10-13-7-6-8-14(17)16(13)21-11-15(20)19(4)12(2)3/h6-8,12,18H,5,9-11H2,1-4H3. The summed E-state index contributed by atoms with van der Waals surface area (Å²) < 4.78 is 19.3. The summed E-state index contributed by atoms with van der Waals surface area (Å²) in [6, 6.07) is 4.88. The fraction of sp³-hybridized carbons (Fsp3) is 0.562. The largest absolute Gasteiger partial charge is 0.480 e. The first-order valence-electron chi connectivity index (χ1n) is 7.33. The molecule has 0 unspecified atom stereocenters. The Balaban J connectivity index is 2.71. The number of hydrogen-bond acceptors (Lipinski definition) is 3. The molecule has 0 aliphatic carbocycles. The molecular weight excluding hydrogens is 271 g/mol. The van der Waals surface area contributed by atoms with E-state index in [0.29, 0.717) is 6.54 Å². The summed E-state index contributed by atoms with van der Waals surface area (Å²) >= 11 is 0. The molecule has 0 aliphatic heterocycles. The lowest BCUT2D eigenvalue weighted by molar-refractivity contribution is -0.133. The monoisotopic (exact) mass is 296 g/mol. The lowest BCUT2D eigenvalue weighted by Gasteiger charge is -2.22. The topological polar surface area (TPSA) is 41.6 Å². The Morgan fingerprint density at radius 2 is 2.14 bits per heavy atom. The molecule has 118 valence electrons. The predicted octanol–water partition coefficient (Wildman–Crippen LogP) is 2.57. The molecule has 0 saturated carbocycles.